The van der Waals surface area contributed by atoms with Gasteiger partial charge in [-0.15, -0.1) is 0 Å². The number of piperidine rings is 1. The lowest BCUT2D eigenvalue weighted by Gasteiger charge is -2.33. The van der Waals surface area contributed by atoms with Crippen molar-refractivity contribution in [1.82, 2.24) is 15.5 Å². The third-order valence-corrected chi connectivity index (χ3v) is 6.82. The van der Waals surface area contributed by atoms with Gasteiger partial charge < -0.3 is 15.5 Å². The maximum absolute atomic E-state index is 12.2. The highest BCUT2D eigenvalue weighted by Crippen LogP contribution is 2.23. The second kappa shape index (κ2) is 9.62. The van der Waals surface area contributed by atoms with Crippen LogP contribution in [0.4, 0.5) is 4.79 Å². The molecule has 2 amide bonds. The third-order valence-electron chi connectivity index (χ3n) is 5.08. The fraction of sp³-hybridized carbons (Fsp3) is 0.941. The van der Waals surface area contributed by atoms with Crippen molar-refractivity contribution in [1.29, 1.82) is 0 Å². The van der Waals surface area contributed by atoms with E-state index in [0.717, 1.165) is 63.9 Å². The van der Waals surface area contributed by atoms with Crippen molar-refractivity contribution in [3.05, 3.63) is 0 Å². The largest absolute Gasteiger partial charge is 0.335 e. The first-order valence-electron chi connectivity index (χ1n) is 9.28. The Labute approximate surface area is 143 Å². The van der Waals surface area contributed by atoms with Gasteiger partial charge in [-0.3, -0.25) is 4.21 Å². The quantitative estimate of drug-likeness (QED) is 0.777. The van der Waals surface area contributed by atoms with Gasteiger partial charge in [0.05, 0.1) is 0 Å². The predicted molar refractivity (Wildman–Crippen MR) is 96.1 cm³/mol. The predicted octanol–water partition coefficient (Wildman–Crippen LogP) is 2.24. The Bertz CT molecular complexity index is 397. The number of likely N-dealkylation sites (tertiary alicyclic amines) is 1. The zero-order valence-electron chi connectivity index (χ0n) is 14.7. The maximum atomic E-state index is 12.2. The van der Waals surface area contributed by atoms with Gasteiger partial charge >= 0.3 is 6.03 Å². The molecule has 2 N–H and O–H groups in total. The average molecular weight is 344 g/mol. The van der Waals surface area contributed by atoms with Crippen LogP contribution in [0.15, 0.2) is 0 Å². The van der Waals surface area contributed by atoms with Crippen molar-refractivity contribution in [2.45, 2.75) is 76.1 Å². The molecule has 5 nitrogen and oxygen atoms in total. The molecule has 1 saturated heterocycles. The summed E-state index contributed by atoms with van der Waals surface area (Å²) in [6.45, 7) is 7.52. The molecular weight excluding hydrogens is 310 g/mol. The molecule has 0 spiro atoms. The highest BCUT2D eigenvalue weighted by atomic mass is 32.2. The molecule has 2 rings (SSSR count). The van der Waals surface area contributed by atoms with E-state index in [0.29, 0.717) is 6.04 Å². The summed E-state index contributed by atoms with van der Waals surface area (Å²) in [5.41, 5.74) is 0. The Morgan fingerprint density at radius 1 is 1.09 bits per heavy atom. The summed E-state index contributed by atoms with van der Waals surface area (Å²) in [7, 11) is -0.739. The summed E-state index contributed by atoms with van der Waals surface area (Å²) in [4.78, 5) is 14.7. The topological polar surface area (TPSA) is 61.4 Å². The van der Waals surface area contributed by atoms with Crippen LogP contribution in [-0.2, 0) is 10.8 Å². The smallest absolute Gasteiger partial charge is 0.315 e. The van der Waals surface area contributed by atoms with Gasteiger partial charge in [-0.2, -0.15) is 0 Å². The molecule has 1 aliphatic heterocycles. The zero-order chi connectivity index (χ0) is 16.7. The second-order valence-electron chi connectivity index (χ2n) is 6.89. The highest BCUT2D eigenvalue weighted by Gasteiger charge is 2.27. The number of amides is 2. The average Bonchev–Trinajstić information content (AvgIpc) is 2.56. The molecule has 1 aliphatic carbocycles. The van der Waals surface area contributed by atoms with Crippen LogP contribution < -0.4 is 10.6 Å². The molecule has 0 aromatic carbocycles. The molecule has 2 aliphatic rings. The lowest BCUT2D eigenvalue weighted by molar-refractivity contribution is 0.190. The summed E-state index contributed by atoms with van der Waals surface area (Å²) < 4.78 is 12.0. The van der Waals surface area contributed by atoms with Gasteiger partial charge in [0.2, 0.25) is 0 Å². The number of carbonyl (C=O) groups is 1. The molecule has 0 bridgehead atoms. The van der Waals surface area contributed by atoms with Crippen molar-refractivity contribution < 1.29 is 9.00 Å². The second-order valence-corrected chi connectivity index (χ2v) is 8.89. The summed E-state index contributed by atoms with van der Waals surface area (Å²) in [5, 5.41) is 6.51. The van der Waals surface area contributed by atoms with Gasteiger partial charge in [0.1, 0.15) is 0 Å². The van der Waals surface area contributed by atoms with Crippen molar-refractivity contribution in [2.75, 3.05) is 25.4 Å². The summed E-state index contributed by atoms with van der Waals surface area (Å²) in [6.07, 6.45) is 7.26. The first kappa shape index (κ1) is 18.7. The number of nitrogens with zero attached hydrogens (tertiary/aromatic N) is 1. The van der Waals surface area contributed by atoms with Crippen LogP contribution in [0, 0.1) is 0 Å². The molecule has 2 fully saturated rings. The zero-order valence-corrected chi connectivity index (χ0v) is 15.5. The van der Waals surface area contributed by atoms with Crippen LogP contribution in [0.5, 0.6) is 0 Å². The number of urea groups is 1. The Morgan fingerprint density at radius 3 is 2.43 bits per heavy atom. The SMILES string of the molecule is CCCN1CCC(NC(=O)N[C@@H]2CCC[C@@H]([S@@](=O)CC)C2)CC1. The lowest BCUT2D eigenvalue weighted by atomic mass is 9.95. The number of carbonyl (C=O) groups excluding carboxylic acids is 1. The number of hydrogen-bond acceptors (Lipinski definition) is 3. The third kappa shape index (κ3) is 6.07. The molecule has 1 heterocycles. The van der Waals surface area contributed by atoms with Crippen molar-refractivity contribution in [3.63, 3.8) is 0 Å². The van der Waals surface area contributed by atoms with Gasteiger partial charge in [-0.25, -0.2) is 4.79 Å². The Balaban J connectivity index is 1.69. The van der Waals surface area contributed by atoms with Gasteiger partial charge in [-0.05, 0) is 45.1 Å². The summed E-state index contributed by atoms with van der Waals surface area (Å²) in [5.74, 6) is 0.722. The number of nitrogens with one attached hydrogen (secondary N) is 2. The van der Waals surface area contributed by atoms with Crippen molar-refractivity contribution >= 4 is 16.8 Å². The lowest BCUT2D eigenvalue weighted by Crippen LogP contribution is -2.51. The van der Waals surface area contributed by atoms with E-state index in [-0.39, 0.29) is 17.3 Å². The molecule has 3 atom stereocenters. The van der Waals surface area contributed by atoms with Gasteiger partial charge in [0, 0.05) is 47.0 Å². The van der Waals surface area contributed by atoms with Crippen LogP contribution in [0.3, 0.4) is 0 Å². The number of rotatable bonds is 6. The molecule has 1 saturated carbocycles. The van der Waals surface area contributed by atoms with Crippen LogP contribution in [0.2, 0.25) is 0 Å². The summed E-state index contributed by atoms with van der Waals surface area (Å²) >= 11 is 0. The van der Waals surface area contributed by atoms with Crippen LogP contribution in [0.25, 0.3) is 0 Å². The minimum atomic E-state index is -0.739. The molecule has 0 aromatic rings. The fourth-order valence-electron chi connectivity index (χ4n) is 3.78. The fourth-order valence-corrected chi connectivity index (χ4v) is 5.13. The Hall–Kier alpha value is -0.620. The van der Waals surface area contributed by atoms with Crippen LogP contribution in [-0.4, -0.2) is 57.9 Å². The molecule has 23 heavy (non-hydrogen) atoms. The Morgan fingerprint density at radius 2 is 1.78 bits per heavy atom. The molecular formula is C17H33N3O2S. The monoisotopic (exact) mass is 343 g/mol. The molecule has 0 aromatic heterocycles. The molecule has 134 valence electrons. The van der Waals surface area contributed by atoms with E-state index in [9.17, 15) is 9.00 Å². The van der Waals surface area contributed by atoms with E-state index in [1.807, 2.05) is 6.92 Å². The minimum absolute atomic E-state index is 0.0353. The standard InChI is InChI=1S/C17H33N3O2S/c1-3-10-20-11-8-14(9-12-20)18-17(21)19-15-6-5-7-16(13-15)23(22)4-2/h14-16H,3-13H2,1-2H3,(H2,18,19,21)/t15-,16-,23+/m1/s1. The summed E-state index contributed by atoms with van der Waals surface area (Å²) in [6, 6.07) is 0.448. The highest BCUT2D eigenvalue weighted by molar-refractivity contribution is 7.85. The van der Waals surface area contributed by atoms with E-state index in [1.165, 1.54) is 6.42 Å². The van der Waals surface area contributed by atoms with E-state index < -0.39 is 10.8 Å². The minimum Gasteiger partial charge on any atom is -0.335 e. The van der Waals surface area contributed by atoms with E-state index in [1.54, 1.807) is 0 Å². The van der Waals surface area contributed by atoms with Gasteiger partial charge in [-0.1, -0.05) is 20.3 Å². The van der Waals surface area contributed by atoms with Gasteiger partial charge in [0.25, 0.3) is 0 Å². The van der Waals surface area contributed by atoms with E-state index in [2.05, 4.69) is 22.5 Å². The molecule has 0 radical (unpaired) electrons. The Kier molecular flexibility index (Phi) is 7.83. The molecule has 0 unspecified atom stereocenters. The maximum Gasteiger partial charge on any atom is 0.315 e. The van der Waals surface area contributed by atoms with E-state index >= 15 is 0 Å². The van der Waals surface area contributed by atoms with Crippen molar-refractivity contribution in [2.24, 2.45) is 0 Å². The van der Waals surface area contributed by atoms with E-state index in [4.69, 9.17) is 0 Å². The van der Waals surface area contributed by atoms with Crippen LogP contribution in [0.1, 0.15) is 58.8 Å². The van der Waals surface area contributed by atoms with Gasteiger partial charge in [0.15, 0.2) is 0 Å². The first-order valence-corrected chi connectivity index (χ1v) is 10.7. The first-order chi connectivity index (χ1) is 11.1. The normalized spacial score (nSPS) is 28.3. The van der Waals surface area contributed by atoms with Crippen LogP contribution >= 0.6 is 0 Å². The van der Waals surface area contributed by atoms with Crippen molar-refractivity contribution in [3.8, 4) is 0 Å². The molecule has 6 heteroatoms. The number of hydrogen-bond donors (Lipinski definition) is 2.